The van der Waals surface area contributed by atoms with Crippen molar-refractivity contribution in [3.05, 3.63) is 77.7 Å². The smallest absolute Gasteiger partial charge is 0.346 e. The van der Waals surface area contributed by atoms with Crippen LogP contribution in [0, 0.1) is 0 Å². The van der Waals surface area contributed by atoms with Gasteiger partial charge in [0.25, 0.3) is 0 Å². The molecule has 0 aliphatic carbocycles. The minimum atomic E-state index is -4.39. The van der Waals surface area contributed by atoms with Crippen molar-refractivity contribution in [3.8, 4) is 11.3 Å². The third-order valence-electron chi connectivity index (χ3n) is 4.40. The van der Waals surface area contributed by atoms with Gasteiger partial charge in [0.1, 0.15) is 5.82 Å². The number of aromatic amines is 1. The number of hydrogen-bond acceptors (Lipinski definition) is 2. The van der Waals surface area contributed by atoms with E-state index in [0.29, 0.717) is 17.8 Å². The number of halogens is 3. The number of carbonyl (C=O) groups excluding carboxylic acids is 1. The Hall–Kier alpha value is -3.09. The first-order chi connectivity index (χ1) is 13.4. The summed E-state index contributed by atoms with van der Waals surface area (Å²) >= 11 is 0. The van der Waals surface area contributed by atoms with Gasteiger partial charge in [0.15, 0.2) is 0 Å². The van der Waals surface area contributed by atoms with Crippen molar-refractivity contribution in [1.82, 2.24) is 15.3 Å². The van der Waals surface area contributed by atoms with Crippen molar-refractivity contribution in [2.45, 2.75) is 32.0 Å². The average molecular weight is 387 g/mol. The third kappa shape index (κ3) is 4.79. The number of hydrogen-bond donors (Lipinski definition) is 2. The number of nitrogens with one attached hydrogen (secondary N) is 2. The van der Waals surface area contributed by atoms with E-state index in [1.54, 1.807) is 6.20 Å². The monoisotopic (exact) mass is 387 g/mol. The molecular formula is C21H20F3N3O. The van der Waals surface area contributed by atoms with Crippen LogP contribution in [0.25, 0.3) is 11.3 Å². The van der Waals surface area contributed by atoms with E-state index in [-0.39, 0.29) is 18.4 Å². The van der Waals surface area contributed by atoms with Gasteiger partial charge in [-0.05, 0) is 29.7 Å². The van der Waals surface area contributed by atoms with Gasteiger partial charge >= 0.3 is 6.18 Å². The summed E-state index contributed by atoms with van der Waals surface area (Å²) in [6, 6.07) is 14.0. The molecule has 0 aliphatic heterocycles. The average Bonchev–Trinajstić information content (AvgIpc) is 3.16. The van der Waals surface area contributed by atoms with E-state index in [1.807, 2.05) is 37.3 Å². The molecular weight excluding hydrogens is 367 g/mol. The van der Waals surface area contributed by atoms with E-state index in [9.17, 15) is 18.0 Å². The van der Waals surface area contributed by atoms with Gasteiger partial charge in [-0.3, -0.25) is 4.79 Å². The van der Waals surface area contributed by atoms with Crippen molar-refractivity contribution >= 4 is 5.91 Å². The summed E-state index contributed by atoms with van der Waals surface area (Å²) in [4.78, 5) is 19.9. The highest BCUT2D eigenvalue weighted by Gasteiger charge is 2.30. The van der Waals surface area contributed by atoms with E-state index in [4.69, 9.17) is 0 Å². The zero-order chi connectivity index (χ0) is 20.1. The van der Waals surface area contributed by atoms with Crippen LogP contribution in [0.4, 0.5) is 13.2 Å². The molecule has 1 amide bonds. The number of imidazole rings is 1. The zero-order valence-corrected chi connectivity index (χ0v) is 15.3. The first kappa shape index (κ1) is 19.7. The number of nitrogens with zero attached hydrogens (tertiary/aromatic N) is 1. The second kappa shape index (κ2) is 8.29. The maximum Gasteiger partial charge on any atom is 0.416 e. The van der Waals surface area contributed by atoms with Gasteiger partial charge in [-0.1, -0.05) is 49.4 Å². The Labute approximate surface area is 160 Å². The van der Waals surface area contributed by atoms with Gasteiger partial charge in [-0.25, -0.2) is 4.98 Å². The molecule has 3 rings (SSSR count). The standard InChI is InChI=1S/C21H20F3N3O/c1-2-17(20-25-13-18(27-20)15-6-4-3-5-7-15)26-19(28)12-14-8-10-16(11-9-14)21(22,23)24/h3-11,13,17H,2,12H2,1H3,(H,25,27)(H,26,28). The molecule has 0 saturated heterocycles. The van der Waals surface area contributed by atoms with Crippen LogP contribution >= 0.6 is 0 Å². The molecule has 7 heteroatoms. The molecule has 1 atom stereocenters. The van der Waals surface area contributed by atoms with Gasteiger partial charge in [-0.15, -0.1) is 0 Å². The summed E-state index contributed by atoms with van der Waals surface area (Å²) in [6.07, 6.45) is -2.04. The van der Waals surface area contributed by atoms with Gasteiger partial charge in [0.2, 0.25) is 5.91 Å². The SMILES string of the molecule is CCC(NC(=O)Cc1ccc(C(F)(F)F)cc1)c1ncc(-c2ccccc2)[nH]1. The van der Waals surface area contributed by atoms with Crippen LogP contribution in [-0.4, -0.2) is 15.9 Å². The first-order valence-corrected chi connectivity index (χ1v) is 8.92. The highest BCUT2D eigenvalue weighted by atomic mass is 19.4. The Balaban J connectivity index is 1.64. The van der Waals surface area contributed by atoms with Crippen LogP contribution in [0.5, 0.6) is 0 Å². The van der Waals surface area contributed by atoms with Crippen LogP contribution in [-0.2, 0) is 17.4 Å². The quantitative estimate of drug-likeness (QED) is 0.632. The summed E-state index contributed by atoms with van der Waals surface area (Å²) < 4.78 is 37.9. The predicted molar refractivity (Wildman–Crippen MR) is 100 cm³/mol. The lowest BCUT2D eigenvalue weighted by Crippen LogP contribution is -2.30. The molecule has 1 aromatic heterocycles. The molecule has 28 heavy (non-hydrogen) atoms. The number of amides is 1. The molecule has 0 aliphatic rings. The lowest BCUT2D eigenvalue weighted by atomic mass is 10.1. The minimum Gasteiger partial charge on any atom is -0.346 e. The van der Waals surface area contributed by atoms with E-state index < -0.39 is 11.7 Å². The number of benzene rings is 2. The second-order valence-electron chi connectivity index (χ2n) is 6.45. The van der Waals surface area contributed by atoms with Crippen molar-refractivity contribution in [2.75, 3.05) is 0 Å². The Morgan fingerprint density at radius 2 is 1.79 bits per heavy atom. The Bertz CT molecular complexity index is 918. The van der Waals surface area contributed by atoms with Crippen molar-refractivity contribution in [1.29, 1.82) is 0 Å². The number of aromatic nitrogens is 2. The zero-order valence-electron chi connectivity index (χ0n) is 15.3. The molecule has 0 spiro atoms. The Morgan fingerprint density at radius 1 is 1.11 bits per heavy atom. The van der Waals surface area contributed by atoms with Crippen molar-refractivity contribution < 1.29 is 18.0 Å². The van der Waals surface area contributed by atoms with Crippen LogP contribution in [0.15, 0.2) is 60.8 Å². The lowest BCUT2D eigenvalue weighted by molar-refractivity contribution is -0.137. The maximum absolute atomic E-state index is 12.6. The largest absolute Gasteiger partial charge is 0.416 e. The summed E-state index contributed by atoms with van der Waals surface area (Å²) in [5.74, 6) is 0.367. The summed E-state index contributed by atoms with van der Waals surface area (Å²) in [7, 11) is 0. The highest BCUT2D eigenvalue weighted by molar-refractivity contribution is 5.79. The van der Waals surface area contributed by atoms with E-state index in [1.165, 1.54) is 12.1 Å². The number of H-pyrrole nitrogens is 1. The molecule has 146 valence electrons. The van der Waals surface area contributed by atoms with Crippen molar-refractivity contribution in [2.24, 2.45) is 0 Å². The highest BCUT2D eigenvalue weighted by Crippen LogP contribution is 2.29. The maximum atomic E-state index is 12.6. The summed E-state index contributed by atoms with van der Waals surface area (Å²) in [5, 5.41) is 2.89. The topological polar surface area (TPSA) is 57.8 Å². The molecule has 3 aromatic rings. The fraction of sp³-hybridized carbons (Fsp3) is 0.238. The van der Waals surface area contributed by atoms with Gasteiger partial charge in [0, 0.05) is 0 Å². The third-order valence-corrected chi connectivity index (χ3v) is 4.40. The molecule has 2 aromatic carbocycles. The number of rotatable bonds is 6. The molecule has 0 radical (unpaired) electrons. The molecule has 1 heterocycles. The molecule has 0 bridgehead atoms. The van der Waals surface area contributed by atoms with Crippen LogP contribution in [0.2, 0.25) is 0 Å². The van der Waals surface area contributed by atoms with Crippen LogP contribution in [0.1, 0.15) is 36.3 Å². The fourth-order valence-electron chi connectivity index (χ4n) is 2.88. The van der Waals surface area contributed by atoms with Crippen LogP contribution in [0.3, 0.4) is 0 Å². The molecule has 1 unspecified atom stereocenters. The lowest BCUT2D eigenvalue weighted by Gasteiger charge is -2.15. The summed E-state index contributed by atoms with van der Waals surface area (Å²) in [6.45, 7) is 1.92. The Kier molecular flexibility index (Phi) is 5.82. The number of alkyl halides is 3. The van der Waals surface area contributed by atoms with E-state index in [0.717, 1.165) is 23.4 Å². The second-order valence-corrected chi connectivity index (χ2v) is 6.45. The number of carbonyl (C=O) groups is 1. The Morgan fingerprint density at radius 3 is 2.39 bits per heavy atom. The van der Waals surface area contributed by atoms with Crippen LogP contribution < -0.4 is 5.32 Å². The van der Waals surface area contributed by atoms with E-state index >= 15 is 0 Å². The molecule has 2 N–H and O–H groups in total. The molecule has 0 saturated carbocycles. The van der Waals surface area contributed by atoms with Gasteiger partial charge < -0.3 is 10.3 Å². The minimum absolute atomic E-state index is 0.000881. The molecule has 4 nitrogen and oxygen atoms in total. The normalized spacial score (nSPS) is 12.6. The first-order valence-electron chi connectivity index (χ1n) is 8.92. The fourth-order valence-corrected chi connectivity index (χ4v) is 2.88. The predicted octanol–water partition coefficient (Wildman–Crippen LogP) is 4.91. The van der Waals surface area contributed by atoms with E-state index in [2.05, 4.69) is 15.3 Å². The van der Waals surface area contributed by atoms with Crippen molar-refractivity contribution in [3.63, 3.8) is 0 Å². The van der Waals surface area contributed by atoms with Gasteiger partial charge in [-0.2, -0.15) is 13.2 Å². The molecule has 0 fully saturated rings. The van der Waals surface area contributed by atoms with Gasteiger partial charge in [0.05, 0.1) is 29.9 Å². The summed E-state index contributed by atoms with van der Waals surface area (Å²) in [5.41, 5.74) is 1.63.